The van der Waals surface area contributed by atoms with Crippen LogP contribution in [0.5, 0.6) is 0 Å². The number of carbonyl (C=O) groups excluding carboxylic acids is 1. The van der Waals surface area contributed by atoms with E-state index < -0.39 is 5.54 Å². The maximum Gasteiger partial charge on any atom is 0.240 e. The van der Waals surface area contributed by atoms with Gasteiger partial charge in [-0.2, -0.15) is 11.8 Å². The Morgan fingerprint density at radius 2 is 2.05 bits per heavy atom. The van der Waals surface area contributed by atoms with Crippen LogP contribution in [-0.4, -0.2) is 59.6 Å². The third-order valence-electron chi connectivity index (χ3n) is 4.61. The molecule has 0 aromatic heterocycles. The molecule has 1 saturated carbocycles. The van der Waals surface area contributed by atoms with Crippen molar-refractivity contribution in [3.05, 3.63) is 0 Å². The van der Waals surface area contributed by atoms with Crippen molar-refractivity contribution in [1.29, 1.82) is 0 Å². The fraction of sp³-hybridized carbons (Fsp3) is 0.933. The van der Waals surface area contributed by atoms with Gasteiger partial charge in [0.25, 0.3) is 0 Å². The summed E-state index contributed by atoms with van der Waals surface area (Å²) in [5.74, 6) is 1.34. The number of piperazine rings is 1. The van der Waals surface area contributed by atoms with E-state index in [1.165, 1.54) is 12.8 Å². The molecule has 0 spiro atoms. The molecule has 2 aliphatic rings. The van der Waals surface area contributed by atoms with E-state index in [0.29, 0.717) is 11.3 Å². The minimum atomic E-state index is -0.397. The highest BCUT2D eigenvalue weighted by atomic mass is 32.2. The number of carbonyl (C=O) groups is 1. The lowest BCUT2D eigenvalue weighted by Gasteiger charge is -2.40. The number of rotatable bonds is 5. The van der Waals surface area contributed by atoms with Crippen LogP contribution >= 0.6 is 11.8 Å². The molecule has 4 nitrogen and oxygen atoms in total. The molecule has 2 rings (SSSR count). The van der Waals surface area contributed by atoms with Crippen molar-refractivity contribution in [2.24, 2.45) is 0 Å². The molecular formula is C15H29N3OS. The van der Waals surface area contributed by atoms with Crippen molar-refractivity contribution in [3.8, 4) is 0 Å². The lowest BCUT2D eigenvalue weighted by atomic mass is 9.99. The molecule has 20 heavy (non-hydrogen) atoms. The third kappa shape index (κ3) is 3.68. The van der Waals surface area contributed by atoms with Crippen molar-refractivity contribution in [2.45, 2.75) is 56.9 Å². The van der Waals surface area contributed by atoms with Crippen LogP contribution in [0.25, 0.3) is 0 Å². The van der Waals surface area contributed by atoms with Gasteiger partial charge in [-0.25, -0.2) is 0 Å². The van der Waals surface area contributed by atoms with E-state index in [1.54, 1.807) is 0 Å². The smallest absolute Gasteiger partial charge is 0.240 e. The first-order valence-electron chi connectivity index (χ1n) is 7.94. The van der Waals surface area contributed by atoms with Crippen LogP contribution in [0.3, 0.4) is 0 Å². The molecule has 2 fully saturated rings. The molecule has 1 saturated heterocycles. The minimum absolute atomic E-state index is 0.202. The first-order valence-corrected chi connectivity index (χ1v) is 8.99. The molecule has 2 N–H and O–H groups in total. The SMILES string of the molecule is CCSC1CCCC1NC(=O)C(C)(C)N1CCNCC1. The van der Waals surface area contributed by atoms with Gasteiger partial charge in [-0.1, -0.05) is 13.3 Å². The standard InChI is InChI=1S/C15H29N3OS/c1-4-20-13-7-5-6-12(13)17-14(19)15(2,3)18-10-8-16-9-11-18/h12-13,16H,4-11H2,1-3H3,(H,17,19). The lowest BCUT2D eigenvalue weighted by molar-refractivity contribution is -0.132. The van der Waals surface area contributed by atoms with Gasteiger partial charge in [0.1, 0.15) is 0 Å². The summed E-state index contributed by atoms with van der Waals surface area (Å²) in [4.78, 5) is 15.0. The van der Waals surface area contributed by atoms with Crippen molar-refractivity contribution in [3.63, 3.8) is 0 Å². The zero-order chi connectivity index (χ0) is 14.6. The Labute approximate surface area is 127 Å². The summed E-state index contributed by atoms with van der Waals surface area (Å²) in [6.45, 7) is 10.2. The molecule has 0 aromatic rings. The van der Waals surface area contributed by atoms with Gasteiger partial charge < -0.3 is 10.6 Å². The number of thioether (sulfide) groups is 1. The van der Waals surface area contributed by atoms with Crippen LogP contribution in [0, 0.1) is 0 Å². The highest BCUT2D eigenvalue weighted by molar-refractivity contribution is 7.99. The normalized spacial score (nSPS) is 28.6. The second-order valence-electron chi connectivity index (χ2n) is 6.30. The van der Waals surface area contributed by atoms with Crippen LogP contribution in [-0.2, 0) is 4.79 Å². The Kier molecular flexibility index (Phi) is 5.75. The van der Waals surface area contributed by atoms with Crippen LogP contribution in [0.2, 0.25) is 0 Å². The highest BCUT2D eigenvalue weighted by Gasteiger charge is 2.38. The van der Waals surface area contributed by atoms with Gasteiger partial charge in [0.15, 0.2) is 0 Å². The Balaban J connectivity index is 1.92. The third-order valence-corrected chi connectivity index (χ3v) is 5.94. The van der Waals surface area contributed by atoms with Gasteiger partial charge in [0.05, 0.1) is 5.54 Å². The van der Waals surface area contributed by atoms with Crippen molar-refractivity contribution < 1.29 is 4.79 Å². The fourth-order valence-electron chi connectivity index (χ4n) is 3.22. The van der Waals surface area contributed by atoms with E-state index in [4.69, 9.17) is 0 Å². The highest BCUT2D eigenvalue weighted by Crippen LogP contribution is 2.30. The number of amides is 1. The van der Waals surface area contributed by atoms with E-state index in [2.05, 4.69) is 36.3 Å². The minimum Gasteiger partial charge on any atom is -0.351 e. The van der Waals surface area contributed by atoms with Crippen LogP contribution in [0.4, 0.5) is 0 Å². The maximum absolute atomic E-state index is 12.7. The fourth-order valence-corrected chi connectivity index (χ4v) is 4.42. The Morgan fingerprint density at radius 3 is 2.70 bits per heavy atom. The molecule has 0 aromatic carbocycles. The quantitative estimate of drug-likeness (QED) is 0.807. The summed E-state index contributed by atoms with van der Waals surface area (Å²) in [6, 6.07) is 0.370. The van der Waals surface area contributed by atoms with E-state index in [0.717, 1.165) is 38.4 Å². The second-order valence-corrected chi connectivity index (χ2v) is 7.82. The molecule has 1 aliphatic heterocycles. The van der Waals surface area contributed by atoms with Gasteiger partial charge in [-0.15, -0.1) is 0 Å². The maximum atomic E-state index is 12.7. The summed E-state index contributed by atoms with van der Waals surface area (Å²) in [7, 11) is 0. The molecule has 1 aliphatic carbocycles. The molecule has 1 heterocycles. The molecule has 5 heteroatoms. The zero-order valence-electron chi connectivity index (χ0n) is 13.1. The Morgan fingerprint density at radius 1 is 1.35 bits per heavy atom. The number of nitrogens with zero attached hydrogens (tertiary/aromatic N) is 1. The molecule has 116 valence electrons. The lowest BCUT2D eigenvalue weighted by Crippen LogP contribution is -2.61. The van der Waals surface area contributed by atoms with Gasteiger partial charge >= 0.3 is 0 Å². The monoisotopic (exact) mass is 299 g/mol. The van der Waals surface area contributed by atoms with Gasteiger partial charge in [0, 0.05) is 37.5 Å². The number of hydrogen-bond donors (Lipinski definition) is 2. The van der Waals surface area contributed by atoms with Gasteiger partial charge in [-0.3, -0.25) is 9.69 Å². The summed E-state index contributed by atoms with van der Waals surface area (Å²) in [6.07, 6.45) is 3.63. The summed E-state index contributed by atoms with van der Waals surface area (Å²) in [5.41, 5.74) is -0.397. The predicted molar refractivity (Wildman–Crippen MR) is 86.2 cm³/mol. The van der Waals surface area contributed by atoms with E-state index in [-0.39, 0.29) is 5.91 Å². The summed E-state index contributed by atoms with van der Waals surface area (Å²) in [5, 5.41) is 7.29. The topological polar surface area (TPSA) is 44.4 Å². The zero-order valence-corrected chi connectivity index (χ0v) is 13.9. The molecular weight excluding hydrogens is 270 g/mol. The summed E-state index contributed by atoms with van der Waals surface area (Å²) >= 11 is 2.00. The van der Waals surface area contributed by atoms with Crippen molar-refractivity contribution in [1.82, 2.24) is 15.5 Å². The predicted octanol–water partition coefficient (Wildman–Crippen LogP) is 1.46. The largest absolute Gasteiger partial charge is 0.351 e. The van der Waals surface area contributed by atoms with Crippen LogP contribution < -0.4 is 10.6 Å². The van der Waals surface area contributed by atoms with Crippen LogP contribution in [0.1, 0.15) is 40.0 Å². The van der Waals surface area contributed by atoms with E-state index in [1.807, 2.05) is 11.8 Å². The average Bonchev–Trinajstić information content (AvgIpc) is 2.87. The van der Waals surface area contributed by atoms with Crippen molar-refractivity contribution in [2.75, 3.05) is 31.9 Å². The molecule has 2 unspecified atom stereocenters. The van der Waals surface area contributed by atoms with Crippen LogP contribution in [0.15, 0.2) is 0 Å². The molecule has 2 atom stereocenters. The average molecular weight is 299 g/mol. The summed E-state index contributed by atoms with van der Waals surface area (Å²) < 4.78 is 0. The number of hydrogen-bond acceptors (Lipinski definition) is 4. The van der Waals surface area contributed by atoms with E-state index in [9.17, 15) is 4.79 Å². The van der Waals surface area contributed by atoms with Gasteiger partial charge in [-0.05, 0) is 32.4 Å². The molecule has 0 radical (unpaired) electrons. The van der Waals surface area contributed by atoms with Crippen molar-refractivity contribution >= 4 is 17.7 Å². The second kappa shape index (κ2) is 7.14. The van der Waals surface area contributed by atoms with Gasteiger partial charge in [0.2, 0.25) is 5.91 Å². The molecule has 1 amide bonds. The number of nitrogens with one attached hydrogen (secondary N) is 2. The molecule has 0 bridgehead atoms. The first kappa shape index (κ1) is 16.1. The Bertz CT molecular complexity index is 329. The Hall–Kier alpha value is -0.260. The first-order chi connectivity index (χ1) is 9.55. The van der Waals surface area contributed by atoms with E-state index >= 15 is 0 Å².